The number of aryl methyl sites for hydroxylation is 1. The molecule has 0 unspecified atom stereocenters. The summed E-state index contributed by atoms with van der Waals surface area (Å²) in [4.78, 5) is 12.5. The minimum atomic E-state index is -0.209. The highest BCUT2D eigenvalue weighted by Gasteiger charge is 2.20. The van der Waals surface area contributed by atoms with Gasteiger partial charge in [0, 0.05) is 17.8 Å². The van der Waals surface area contributed by atoms with Gasteiger partial charge in [0.15, 0.2) is 5.69 Å². The van der Waals surface area contributed by atoms with Crippen molar-refractivity contribution in [2.24, 2.45) is 0 Å². The quantitative estimate of drug-likeness (QED) is 0.619. The zero-order chi connectivity index (χ0) is 19.6. The lowest BCUT2D eigenvalue weighted by Gasteiger charge is -2.07. The van der Waals surface area contributed by atoms with E-state index >= 15 is 0 Å². The van der Waals surface area contributed by atoms with Crippen molar-refractivity contribution in [1.82, 2.24) is 25.3 Å². The van der Waals surface area contributed by atoms with Crippen molar-refractivity contribution < 1.29 is 4.79 Å². The molecule has 3 rings (SSSR count). The molecular formula is C20H24BrN5O. The lowest BCUT2D eigenvalue weighted by Crippen LogP contribution is -2.24. The van der Waals surface area contributed by atoms with Crippen LogP contribution in [0.15, 0.2) is 34.8 Å². The van der Waals surface area contributed by atoms with Gasteiger partial charge in [-0.15, -0.1) is 0 Å². The van der Waals surface area contributed by atoms with Crippen LogP contribution in [0.4, 0.5) is 0 Å². The summed E-state index contributed by atoms with van der Waals surface area (Å²) in [5, 5.41) is 14.7. The van der Waals surface area contributed by atoms with Gasteiger partial charge in [0.25, 0.3) is 5.91 Å². The molecule has 0 fully saturated rings. The molecule has 6 nitrogen and oxygen atoms in total. The molecule has 142 valence electrons. The van der Waals surface area contributed by atoms with Gasteiger partial charge < -0.3 is 5.32 Å². The zero-order valence-corrected chi connectivity index (χ0v) is 17.6. The Kier molecular flexibility index (Phi) is 5.79. The van der Waals surface area contributed by atoms with Crippen LogP contribution < -0.4 is 5.32 Å². The molecule has 2 N–H and O–H groups in total. The third kappa shape index (κ3) is 4.13. The van der Waals surface area contributed by atoms with Gasteiger partial charge >= 0.3 is 0 Å². The molecule has 0 saturated carbocycles. The van der Waals surface area contributed by atoms with Gasteiger partial charge in [0.1, 0.15) is 0 Å². The maximum atomic E-state index is 12.5. The van der Waals surface area contributed by atoms with Gasteiger partial charge in [-0.2, -0.15) is 10.2 Å². The van der Waals surface area contributed by atoms with Gasteiger partial charge in [0.05, 0.1) is 22.4 Å². The van der Waals surface area contributed by atoms with Crippen molar-refractivity contribution in [2.75, 3.05) is 0 Å². The van der Waals surface area contributed by atoms with Crippen LogP contribution in [-0.4, -0.2) is 25.9 Å². The molecule has 0 bridgehead atoms. The molecule has 0 aliphatic carbocycles. The van der Waals surface area contributed by atoms with Gasteiger partial charge in [-0.05, 0) is 41.3 Å². The zero-order valence-electron chi connectivity index (χ0n) is 16.0. The summed E-state index contributed by atoms with van der Waals surface area (Å²) in [6.07, 6.45) is 0. The number of rotatable bonds is 6. The Bertz CT molecular complexity index is 943. The third-order valence-corrected chi connectivity index (χ3v) is 5.46. The number of aromatic nitrogens is 4. The molecule has 1 amide bonds. The monoisotopic (exact) mass is 429 g/mol. The van der Waals surface area contributed by atoms with Crippen LogP contribution in [0.3, 0.4) is 0 Å². The Hall–Kier alpha value is -2.41. The molecule has 7 heteroatoms. The van der Waals surface area contributed by atoms with E-state index in [1.165, 1.54) is 5.56 Å². The Morgan fingerprint density at radius 1 is 1.26 bits per heavy atom. The molecule has 0 aliphatic heterocycles. The summed E-state index contributed by atoms with van der Waals surface area (Å²) >= 11 is 3.48. The largest absolute Gasteiger partial charge is 0.346 e. The lowest BCUT2D eigenvalue weighted by atomic mass is 10.1. The van der Waals surface area contributed by atoms with Gasteiger partial charge in [-0.3, -0.25) is 14.6 Å². The second-order valence-electron chi connectivity index (χ2n) is 6.93. The van der Waals surface area contributed by atoms with Crippen LogP contribution >= 0.6 is 15.9 Å². The van der Waals surface area contributed by atoms with E-state index in [1.54, 1.807) is 0 Å². The molecule has 1 aromatic carbocycles. The Morgan fingerprint density at radius 2 is 1.96 bits per heavy atom. The molecule has 0 radical (unpaired) electrons. The second-order valence-corrected chi connectivity index (χ2v) is 7.72. The predicted octanol–water partition coefficient (Wildman–Crippen LogP) is 4.09. The van der Waals surface area contributed by atoms with E-state index in [2.05, 4.69) is 48.7 Å². The first kappa shape index (κ1) is 19.4. The highest BCUT2D eigenvalue weighted by molar-refractivity contribution is 9.10. The van der Waals surface area contributed by atoms with Crippen LogP contribution in [0.5, 0.6) is 0 Å². The first-order valence-corrected chi connectivity index (χ1v) is 9.76. The highest BCUT2D eigenvalue weighted by Crippen LogP contribution is 2.25. The Balaban J connectivity index is 1.72. The fourth-order valence-electron chi connectivity index (χ4n) is 3.03. The molecular weight excluding hydrogens is 406 g/mol. The Morgan fingerprint density at radius 3 is 2.59 bits per heavy atom. The van der Waals surface area contributed by atoms with Crippen molar-refractivity contribution in [3.63, 3.8) is 0 Å². The highest BCUT2D eigenvalue weighted by atomic mass is 79.9. The van der Waals surface area contributed by atoms with E-state index < -0.39 is 0 Å². The minimum absolute atomic E-state index is 0.209. The van der Waals surface area contributed by atoms with Crippen molar-refractivity contribution in [3.8, 4) is 0 Å². The van der Waals surface area contributed by atoms with E-state index in [4.69, 9.17) is 0 Å². The summed E-state index contributed by atoms with van der Waals surface area (Å²) in [5.74, 6) is 0.0498. The van der Waals surface area contributed by atoms with E-state index in [1.807, 2.05) is 50.6 Å². The smallest absolute Gasteiger partial charge is 0.273 e. The van der Waals surface area contributed by atoms with Crippen LogP contribution in [0, 0.1) is 13.8 Å². The fourth-order valence-corrected chi connectivity index (χ4v) is 3.84. The summed E-state index contributed by atoms with van der Waals surface area (Å²) in [6.45, 7) is 9.23. The van der Waals surface area contributed by atoms with Crippen molar-refractivity contribution in [2.45, 2.75) is 46.7 Å². The van der Waals surface area contributed by atoms with E-state index in [-0.39, 0.29) is 11.8 Å². The molecule has 0 spiro atoms. The van der Waals surface area contributed by atoms with Crippen molar-refractivity contribution in [3.05, 3.63) is 68.7 Å². The number of carbonyl (C=O) groups is 1. The maximum absolute atomic E-state index is 12.5. The predicted molar refractivity (Wildman–Crippen MR) is 109 cm³/mol. The van der Waals surface area contributed by atoms with E-state index in [0.717, 1.165) is 27.1 Å². The second kappa shape index (κ2) is 8.08. The fraction of sp³-hybridized carbons (Fsp3) is 0.350. The molecule has 0 saturated heterocycles. The number of H-pyrrole nitrogens is 1. The summed E-state index contributed by atoms with van der Waals surface area (Å²) in [7, 11) is 0. The molecule has 2 aromatic heterocycles. The number of hydrogen-bond acceptors (Lipinski definition) is 3. The average molecular weight is 430 g/mol. The number of nitrogens with one attached hydrogen (secondary N) is 2. The maximum Gasteiger partial charge on any atom is 0.273 e. The van der Waals surface area contributed by atoms with Crippen LogP contribution in [0.25, 0.3) is 0 Å². The third-order valence-electron chi connectivity index (χ3n) is 4.66. The summed E-state index contributed by atoms with van der Waals surface area (Å²) in [6, 6.07) is 10.2. The number of aromatic amines is 1. The number of carbonyl (C=O) groups excluding carboxylic acids is 1. The first-order valence-electron chi connectivity index (χ1n) is 8.97. The summed E-state index contributed by atoms with van der Waals surface area (Å²) < 4.78 is 2.70. The molecule has 2 heterocycles. The van der Waals surface area contributed by atoms with Crippen LogP contribution in [0.2, 0.25) is 0 Å². The molecule has 27 heavy (non-hydrogen) atoms. The Labute approximate surface area is 167 Å². The van der Waals surface area contributed by atoms with Crippen molar-refractivity contribution in [1.29, 1.82) is 0 Å². The number of halogens is 1. The average Bonchev–Trinajstić information content (AvgIpc) is 3.14. The van der Waals surface area contributed by atoms with Crippen LogP contribution in [0.1, 0.15) is 58.5 Å². The van der Waals surface area contributed by atoms with Crippen molar-refractivity contribution >= 4 is 21.8 Å². The normalized spacial score (nSPS) is 11.2. The topological polar surface area (TPSA) is 75.6 Å². The molecule has 0 aliphatic rings. The number of amides is 1. The van der Waals surface area contributed by atoms with E-state index in [9.17, 15) is 4.79 Å². The van der Waals surface area contributed by atoms with Gasteiger partial charge in [0.2, 0.25) is 0 Å². The standard InChI is InChI=1S/C20H24BrN5O/c1-12(2)18-17(21)19(24-23-18)20(27)22-10-16-13(3)25-26(14(16)4)11-15-8-6-5-7-9-15/h5-9,12H,10-11H2,1-4H3,(H,22,27)(H,23,24). The SMILES string of the molecule is Cc1nn(Cc2ccccc2)c(C)c1CNC(=O)c1n[nH]c(C(C)C)c1Br. The van der Waals surface area contributed by atoms with E-state index in [0.29, 0.717) is 18.8 Å². The summed E-state index contributed by atoms with van der Waals surface area (Å²) in [5.41, 5.74) is 5.51. The lowest BCUT2D eigenvalue weighted by molar-refractivity contribution is 0.0945. The number of hydrogen-bond donors (Lipinski definition) is 2. The first-order chi connectivity index (χ1) is 12.9. The van der Waals surface area contributed by atoms with Gasteiger partial charge in [-0.1, -0.05) is 44.2 Å². The molecule has 0 atom stereocenters. The molecule has 3 aromatic rings. The number of benzene rings is 1. The van der Waals surface area contributed by atoms with Crippen LogP contribution in [-0.2, 0) is 13.1 Å². The van der Waals surface area contributed by atoms with Gasteiger partial charge in [-0.25, -0.2) is 0 Å². The minimum Gasteiger partial charge on any atom is -0.346 e. The number of nitrogens with zero attached hydrogens (tertiary/aromatic N) is 3.